The number of alkyl halides is 3. The van der Waals surface area contributed by atoms with Gasteiger partial charge in [0.1, 0.15) is 5.92 Å². The number of halogens is 3. The van der Waals surface area contributed by atoms with Crippen molar-refractivity contribution in [1.82, 2.24) is 14.6 Å². The third-order valence-electron chi connectivity index (χ3n) is 3.16. The molecule has 2 aromatic rings. The number of nitrogens with zero attached hydrogens (tertiary/aromatic N) is 3. The van der Waals surface area contributed by atoms with Gasteiger partial charge in [0.05, 0.1) is 23.3 Å². The Kier molecular flexibility index (Phi) is 2.26. The van der Waals surface area contributed by atoms with Crippen molar-refractivity contribution in [2.45, 2.75) is 25.4 Å². The lowest BCUT2D eigenvalue weighted by molar-refractivity contribution is -0.147. The summed E-state index contributed by atoms with van der Waals surface area (Å²) < 4.78 is 40.2. The lowest BCUT2D eigenvalue weighted by Gasteiger charge is -2.14. The molecule has 3 heterocycles. The zero-order chi connectivity index (χ0) is 12.9. The molecule has 4 nitrogen and oxygen atoms in total. The minimum atomic E-state index is -4.27. The molecular weight excluding hydrogens is 245 g/mol. The molecule has 1 atom stereocenters. The van der Waals surface area contributed by atoms with Gasteiger partial charge in [-0.1, -0.05) is 6.92 Å². The summed E-state index contributed by atoms with van der Waals surface area (Å²) in [6.07, 6.45) is -2.16. The van der Waals surface area contributed by atoms with Gasteiger partial charge in [-0.15, -0.1) is 0 Å². The summed E-state index contributed by atoms with van der Waals surface area (Å²) in [5.74, 6) is -1.53. The number of aromatic nitrogens is 3. The van der Waals surface area contributed by atoms with E-state index >= 15 is 0 Å². The van der Waals surface area contributed by atoms with E-state index in [-0.39, 0.29) is 12.2 Å². The summed E-state index contributed by atoms with van der Waals surface area (Å²) in [5.41, 5.74) is 1.77. The van der Waals surface area contributed by atoms with E-state index < -0.39 is 12.1 Å². The molecule has 18 heavy (non-hydrogen) atoms. The first-order chi connectivity index (χ1) is 8.50. The van der Waals surface area contributed by atoms with Crippen LogP contribution in [0.1, 0.15) is 24.2 Å². The van der Waals surface area contributed by atoms with Crippen molar-refractivity contribution in [3.05, 3.63) is 23.7 Å². The zero-order valence-electron chi connectivity index (χ0n) is 9.62. The van der Waals surface area contributed by atoms with Gasteiger partial charge in [-0.3, -0.25) is 0 Å². The van der Waals surface area contributed by atoms with Crippen molar-refractivity contribution in [2.24, 2.45) is 0 Å². The Hall–Kier alpha value is -1.79. The third-order valence-corrected chi connectivity index (χ3v) is 3.16. The van der Waals surface area contributed by atoms with Crippen molar-refractivity contribution in [2.75, 3.05) is 11.9 Å². The van der Waals surface area contributed by atoms with Crippen LogP contribution in [0.4, 0.5) is 18.9 Å². The van der Waals surface area contributed by atoms with E-state index in [0.29, 0.717) is 17.8 Å². The Morgan fingerprint density at radius 2 is 2.28 bits per heavy atom. The highest BCUT2D eigenvalue weighted by molar-refractivity contribution is 5.58. The zero-order valence-corrected chi connectivity index (χ0v) is 9.62. The summed E-state index contributed by atoms with van der Waals surface area (Å²) in [6.45, 7) is 1.75. The summed E-state index contributed by atoms with van der Waals surface area (Å²) >= 11 is 0. The molecule has 96 valence electrons. The van der Waals surface area contributed by atoms with E-state index in [9.17, 15) is 13.2 Å². The second kappa shape index (κ2) is 3.60. The van der Waals surface area contributed by atoms with Gasteiger partial charge in [0.15, 0.2) is 5.65 Å². The minimum Gasteiger partial charge on any atom is -0.381 e. The highest BCUT2D eigenvalue weighted by Crippen LogP contribution is 2.41. The number of nitrogens with one attached hydrogen (secondary N) is 1. The maximum Gasteiger partial charge on any atom is 0.399 e. The van der Waals surface area contributed by atoms with Crippen molar-refractivity contribution >= 4 is 11.3 Å². The molecule has 0 fully saturated rings. The largest absolute Gasteiger partial charge is 0.399 e. The second-order valence-corrected chi connectivity index (χ2v) is 4.29. The highest BCUT2D eigenvalue weighted by Gasteiger charge is 2.46. The van der Waals surface area contributed by atoms with Crippen LogP contribution in [-0.2, 0) is 6.42 Å². The van der Waals surface area contributed by atoms with Crippen LogP contribution in [0.2, 0.25) is 0 Å². The molecule has 1 N–H and O–H groups in total. The first kappa shape index (κ1) is 11.3. The topological polar surface area (TPSA) is 42.2 Å². The molecular formula is C11H11F3N4. The van der Waals surface area contributed by atoms with Crippen molar-refractivity contribution in [1.29, 1.82) is 0 Å². The molecule has 1 aliphatic rings. The fraction of sp³-hybridized carbons (Fsp3) is 0.455. The Balaban J connectivity index is 2.23. The maximum atomic E-state index is 13.0. The van der Waals surface area contributed by atoms with Crippen LogP contribution in [0.25, 0.3) is 5.65 Å². The summed E-state index contributed by atoms with van der Waals surface area (Å²) in [5, 5.41) is 6.91. The molecule has 0 radical (unpaired) electrons. The van der Waals surface area contributed by atoms with Gasteiger partial charge in [0.25, 0.3) is 0 Å². The Morgan fingerprint density at radius 1 is 1.50 bits per heavy atom. The summed E-state index contributed by atoms with van der Waals surface area (Å²) in [7, 11) is 0. The van der Waals surface area contributed by atoms with Gasteiger partial charge in [0.2, 0.25) is 0 Å². The lowest BCUT2D eigenvalue weighted by Crippen LogP contribution is -2.24. The van der Waals surface area contributed by atoms with Crippen LogP contribution in [-0.4, -0.2) is 27.3 Å². The summed E-state index contributed by atoms with van der Waals surface area (Å²) in [6, 6.07) is 1.71. The number of hydrogen-bond acceptors (Lipinski definition) is 3. The predicted octanol–water partition coefficient (Wildman–Crippen LogP) is 2.36. The molecule has 0 saturated heterocycles. The number of rotatable bonds is 1. The number of hydrogen-bond donors (Lipinski definition) is 1. The standard InChI is InChI=1S/C11H11F3N4/c1-2-6-3-9-16-5-8-10(18(9)17-6)7(4-15-8)11(12,13)14/h3,5,7,15H,2,4H2,1H3/t7-/m1/s1. The Labute approximate surface area is 101 Å². The van der Waals surface area contributed by atoms with E-state index in [2.05, 4.69) is 15.4 Å². The van der Waals surface area contributed by atoms with Crippen molar-refractivity contribution < 1.29 is 13.2 Å². The molecule has 2 aromatic heterocycles. The number of anilines is 1. The third kappa shape index (κ3) is 1.53. The molecule has 0 spiro atoms. The monoisotopic (exact) mass is 256 g/mol. The average Bonchev–Trinajstić information content (AvgIpc) is 2.90. The molecule has 0 unspecified atom stereocenters. The van der Waals surface area contributed by atoms with Gasteiger partial charge >= 0.3 is 6.18 Å². The maximum absolute atomic E-state index is 13.0. The molecule has 0 bridgehead atoms. The Bertz CT molecular complexity index is 602. The molecule has 0 amide bonds. The molecule has 1 aliphatic heterocycles. The van der Waals surface area contributed by atoms with Crippen LogP contribution in [0.3, 0.4) is 0 Å². The van der Waals surface area contributed by atoms with Crippen LogP contribution >= 0.6 is 0 Å². The molecule has 7 heteroatoms. The van der Waals surface area contributed by atoms with E-state index in [1.807, 2.05) is 6.92 Å². The quantitative estimate of drug-likeness (QED) is 0.851. The predicted molar refractivity (Wildman–Crippen MR) is 59.7 cm³/mol. The van der Waals surface area contributed by atoms with Gasteiger partial charge in [0, 0.05) is 12.6 Å². The summed E-state index contributed by atoms with van der Waals surface area (Å²) in [4.78, 5) is 4.11. The van der Waals surface area contributed by atoms with Crippen LogP contribution < -0.4 is 5.32 Å². The highest BCUT2D eigenvalue weighted by atomic mass is 19.4. The van der Waals surface area contributed by atoms with Crippen LogP contribution in [0, 0.1) is 0 Å². The molecule has 0 aromatic carbocycles. The van der Waals surface area contributed by atoms with Crippen molar-refractivity contribution in [3.63, 3.8) is 0 Å². The fourth-order valence-electron chi connectivity index (χ4n) is 2.22. The van der Waals surface area contributed by atoms with E-state index in [1.54, 1.807) is 6.07 Å². The van der Waals surface area contributed by atoms with E-state index in [4.69, 9.17) is 0 Å². The molecule has 0 aliphatic carbocycles. The number of fused-ring (bicyclic) bond motifs is 3. The van der Waals surface area contributed by atoms with Gasteiger partial charge in [-0.05, 0) is 6.42 Å². The van der Waals surface area contributed by atoms with Crippen LogP contribution in [0.15, 0.2) is 12.3 Å². The Morgan fingerprint density at radius 3 is 2.94 bits per heavy atom. The molecule has 3 rings (SSSR count). The first-order valence-corrected chi connectivity index (χ1v) is 5.69. The lowest BCUT2D eigenvalue weighted by atomic mass is 10.1. The van der Waals surface area contributed by atoms with Crippen LogP contribution in [0.5, 0.6) is 0 Å². The SMILES string of the molecule is CCc1cc2ncc3c(n2n1)[C@H](C(F)(F)F)CN3. The first-order valence-electron chi connectivity index (χ1n) is 5.69. The van der Waals surface area contributed by atoms with Gasteiger partial charge < -0.3 is 5.32 Å². The second-order valence-electron chi connectivity index (χ2n) is 4.29. The normalized spacial score (nSPS) is 19.0. The van der Waals surface area contributed by atoms with E-state index in [0.717, 1.165) is 5.69 Å². The van der Waals surface area contributed by atoms with E-state index in [1.165, 1.54) is 10.7 Å². The minimum absolute atomic E-state index is 0.152. The molecule has 0 saturated carbocycles. The fourth-order valence-corrected chi connectivity index (χ4v) is 2.22. The number of aryl methyl sites for hydroxylation is 1. The van der Waals surface area contributed by atoms with Crippen molar-refractivity contribution in [3.8, 4) is 0 Å². The average molecular weight is 256 g/mol. The van der Waals surface area contributed by atoms with Gasteiger partial charge in [-0.2, -0.15) is 18.3 Å². The smallest absolute Gasteiger partial charge is 0.381 e. The van der Waals surface area contributed by atoms with Gasteiger partial charge in [-0.25, -0.2) is 9.50 Å².